The Morgan fingerprint density at radius 3 is 2.43 bits per heavy atom. The van der Waals surface area contributed by atoms with E-state index in [9.17, 15) is 14.4 Å². The van der Waals surface area contributed by atoms with Gasteiger partial charge < -0.3 is 19.5 Å². The highest BCUT2D eigenvalue weighted by Gasteiger charge is 2.33. The zero-order valence-electron chi connectivity index (χ0n) is 21.2. The Balaban J connectivity index is 1.89. The number of fused-ring (bicyclic) bond motifs is 1. The molecule has 0 aliphatic carbocycles. The van der Waals surface area contributed by atoms with E-state index in [4.69, 9.17) is 14.2 Å². The summed E-state index contributed by atoms with van der Waals surface area (Å²) >= 11 is 1.23. The van der Waals surface area contributed by atoms with Gasteiger partial charge in [-0.2, -0.15) is 0 Å². The van der Waals surface area contributed by atoms with Crippen molar-refractivity contribution in [3.05, 3.63) is 84.5 Å². The van der Waals surface area contributed by atoms with Crippen molar-refractivity contribution in [1.82, 2.24) is 4.57 Å². The Morgan fingerprint density at radius 1 is 1.11 bits per heavy atom. The zero-order valence-corrected chi connectivity index (χ0v) is 22.0. The first-order chi connectivity index (χ1) is 17.8. The molecule has 37 heavy (non-hydrogen) atoms. The number of carbonyl (C=O) groups is 2. The molecule has 1 aliphatic rings. The van der Waals surface area contributed by atoms with Crippen molar-refractivity contribution in [2.75, 3.05) is 26.1 Å². The second kappa shape index (κ2) is 10.8. The Morgan fingerprint density at radius 2 is 1.81 bits per heavy atom. The van der Waals surface area contributed by atoms with Gasteiger partial charge in [0.1, 0.15) is 0 Å². The number of amides is 1. The summed E-state index contributed by atoms with van der Waals surface area (Å²) in [5.41, 5.74) is 2.57. The first-order valence-corrected chi connectivity index (χ1v) is 12.4. The number of nitrogens with one attached hydrogen (secondary N) is 1. The summed E-state index contributed by atoms with van der Waals surface area (Å²) in [6, 6.07) is 11.7. The van der Waals surface area contributed by atoms with Crippen molar-refractivity contribution < 1.29 is 23.8 Å². The van der Waals surface area contributed by atoms with Gasteiger partial charge in [0.15, 0.2) is 16.3 Å². The first-order valence-electron chi connectivity index (χ1n) is 11.6. The second-order valence-electron chi connectivity index (χ2n) is 8.22. The number of rotatable bonds is 7. The molecule has 0 spiro atoms. The fourth-order valence-corrected chi connectivity index (χ4v) is 5.19. The molecule has 0 saturated heterocycles. The minimum absolute atomic E-state index is 0.163. The maximum atomic E-state index is 13.7. The third-order valence-corrected chi connectivity index (χ3v) is 6.75. The lowest BCUT2D eigenvalue weighted by molar-refractivity contribution is -0.139. The van der Waals surface area contributed by atoms with Gasteiger partial charge in [-0.15, -0.1) is 0 Å². The molecular weight excluding hydrogens is 494 g/mol. The molecule has 0 radical (unpaired) electrons. The van der Waals surface area contributed by atoms with E-state index in [1.54, 1.807) is 50.3 Å². The molecule has 10 heteroatoms. The van der Waals surface area contributed by atoms with Crippen LogP contribution in [0, 0.1) is 0 Å². The number of allylic oxidation sites excluding steroid dienone is 1. The molecule has 0 bridgehead atoms. The summed E-state index contributed by atoms with van der Waals surface area (Å²) in [6.07, 6.45) is 1.76. The maximum absolute atomic E-state index is 13.7. The smallest absolute Gasteiger partial charge is 0.338 e. The van der Waals surface area contributed by atoms with E-state index in [0.717, 1.165) is 5.56 Å². The topological polar surface area (TPSA) is 108 Å². The van der Waals surface area contributed by atoms with E-state index in [1.807, 2.05) is 12.1 Å². The lowest BCUT2D eigenvalue weighted by atomic mass is 9.95. The normalized spacial score (nSPS) is 15.1. The average Bonchev–Trinajstić information content (AvgIpc) is 3.17. The van der Waals surface area contributed by atoms with Crippen LogP contribution in [0.25, 0.3) is 6.08 Å². The highest BCUT2D eigenvalue weighted by molar-refractivity contribution is 7.07. The fourth-order valence-electron chi connectivity index (χ4n) is 4.15. The van der Waals surface area contributed by atoms with Crippen LogP contribution in [0.3, 0.4) is 0 Å². The van der Waals surface area contributed by atoms with Gasteiger partial charge in [0.2, 0.25) is 5.91 Å². The summed E-state index contributed by atoms with van der Waals surface area (Å²) in [4.78, 5) is 43.1. The summed E-state index contributed by atoms with van der Waals surface area (Å²) in [5, 5.41) is 2.72. The van der Waals surface area contributed by atoms with E-state index in [-0.39, 0.29) is 23.6 Å². The number of hydrogen-bond acceptors (Lipinski definition) is 8. The number of nitrogens with zero attached hydrogens (tertiary/aromatic N) is 2. The predicted octanol–water partition coefficient (Wildman–Crippen LogP) is 2.77. The minimum Gasteiger partial charge on any atom is -0.493 e. The van der Waals surface area contributed by atoms with Crippen molar-refractivity contribution in [1.29, 1.82) is 0 Å². The summed E-state index contributed by atoms with van der Waals surface area (Å²) in [7, 11) is 3.06. The number of carbonyl (C=O) groups excluding carboxylic acids is 2. The summed E-state index contributed by atoms with van der Waals surface area (Å²) in [6.45, 7) is 5.09. The number of aromatic nitrogens is 1. The molecule has 0 fully saturated rings. The van der Waals surface area contributed by atoms with Crippen molar-refractivity contribution >= 4 is 35.0 Å². The van der Waals surface area contributed by atoms with Crippen LogP contribution in [-0.4, -0.2) is 37.3 Å². The molecule has 2 aromatic carbocycles. The molecular formula is C27H27N3O6S. The number of esters is 1. The van der Waals surface area contributed by atoms with E-state index in [1.165, 1.54) is 37.0 Å². The molecule has 192 valence electrons. The van der Waals surface area contributed by atoms with Crippen molar-refractivity contribution in [3.63, 3.8) is 0 Å². The number of anilines is 1. The van der Waals surface area contributed by atoms with Gasteiger partial charge in [-0.25, -0.2) is 9.79 Å². The highest BCUT2D eigenvalue weighted by Crippen LogP contribution is 2.36. The Kier molecular flexibility index (Phi) is 7.58. The molecule has 4 rings (SSSR count). The van der Waals surface area contributed by atoms with E-state index in [2.05, 4.69) is 10.3 Å². The third kappa shape index (κ3) is 5.19. The number of benzene rings is 2. The Labute approximate surface area is 217 Å². The van der Waals surface area contributed by atoms with Gasteiger partial charge in [0, 0.05) is 12.6 Å². The maximum Gasteiger partial charge on any atom is 0.338 e. The largest absolute Gasteiger partial charge is 0.493 e. The van der Waals surface area contributed by atoms with E-state index < -0.39 is 12.0 Å². The van der Waals surface area contributed by atoms with Crippen molar-refractivity contribution in [3.8, 4) is 11.5 Å². The highest BCUT2D eigenvalue weighted by atomic mass is 32.1. The molecule has 1 N–H and O–H groups in total. The number of ether oxygens (including phenoxy) is 3. The quantitative estimate of drug-likeness (QED) is 0.479. The van der Waals surface area contributed by atoms with Gasteiger partial charge in [0.05, 0.1) is 42.7 Å². The number of hydrogen-bond donors (Lipinski definition) is 1. The molecule has 1 amide bonds. The summed E-state index contributed by atoms with van der Waals surface area (Å²) < 4.78 is 18.1. The van der Waals surface area contributed by atoms with Gasteiger partial charge in [-0.1, -0.05) is 29.5 Å². The average molecular weight is 522 g/mol. The van der Waals surface area contributed by atoms with Gasteiger partial charge in [0.25, 0.3) is 5.56 Å². The Hall–Kier alpha value is -4.18. The van der Waals surface area contributed by atoms with E-state index >= 15 is 0 Å². The van der Waals surface area contributed by atoms with Crippen LogP contribution in [-0.2, 0) is 14.3 Å². The fraction of sp³-hybridized carbons (Fsp3) is 0.259. The molecule has 0 saturated carbocycles. The lowest BCUT2D eigenvalue weighted by Crippen LogP contribution is -2.39. The minimum atomic E-state index is -0.764. The molecule has 9 nitrogen and oxygen atoms in total. The van der Waals surface area contributed by atoms with Crippen molar-refractivity contribution in [2.45, 2.75) is 26.8 Å². The predicted molar refractivity (Wildman–Crippen MR) is 141 cm³/mol. The molecule has 1 aliphatic heterocycles. The monoisotopic (exact) mass is 521 g/mol. The number of thiazole rings is 1. The second-order valence-corrected chi connectivity index (χ2v) is 9.23. The zero-order chi connectivity index (χ0) is 26.7. The van der Waals surface area contributed by atoms with Gasteiger partial charge >= 0.3 is 5.97 Å². The van der Waals surface area contributed by atoms with Crippen LogP contribution in [0.4, 0.5) is 5.69 Å². The van der Waals surface area contributed by atoms with Crippen LogP contribution in [0.15, 0.2) is 63.5 Å². The van der Waals surface area contributed by atoms with Crippen LogP contribution in [0.1, 0.15) is 37.9 Å². The number of methoxy groups -OCH3 is 2. The van der Waals surface area contributed by atoms with Crippen LogP contribution >= 0.6 is 11.3 Å². The standard InChI is InChI=1S/C27H27N3O6S/c1-6-36-26(33)23-15(2)28-27-30(24(23)18-9-12-20(34-4)21(14-18)35-5)25(32)22(37-27)13-17-7-10-19(11-8-17)29-16(3)31/h7-14,24H,6H2,1-5H3,(H,29,31)/b22-13-. The molecule has 1 aromatic heterocycles. The molecule has 2 heterocycles. The molecule has 3 aromatic rings. The third-order valence-electron chi connectivity index (χ3n) is 5.77. The lowest BCUT2D eigenvalue weighted by Gasteiger charge is -2.25. The van der Waals surface area contributed by atoms with Gasteiger partial charge in [-0.3, -0.25) is 14.2 Å². The first kappa shape index (κ1) is 25.9. The van der Waals surface area contributed by atoms with Gasteiger partial charge in [-0.05, 0) is 55.3 Å². The van der Waals surface area contributed by atoms with Crippen molar-refractivity contribution in [2.24, 2.45) is 4.99 Å². The van der Waals surface area contributed by atoms with E-state index in [0.29, 0.717) is 37.8 Å². The molecule has 1 atom stereocenters. The van der Waals surface area contributed by atoms with Crippen LogP contribution in [0.5, 0.6) is 11.5 Å². The SMILES string of the molecule is CCOC(=O)C1=C(C)N=c2s/c(=C\c3ccc(NC(C)=O)cc3)c(=O)n2C1c1ccc(OC)c(OC)c1. The van der Waals surface area contributed by atoms with Crippen LogP contribution < -0.4 is 29.7 Å². The Bertz CT molecular complexity index is 1570. The van der Waals surface area contributed by atoms with Crippen LogP contribution in [0.2, 0.25) is 0 Å². The summed E-state index contributed by atoms with van der Waals surface area (Å²) in [5.74, 6) is 0.300. The molecule has 1 unspecified atom stereocenters.